The van der Waals surface area contributed by atoms with Crippen LogP contribution in [-0.4, -0.2) is 12.0 Å². The Bertz CT molecular complexity index is 610. The summed E-state index contributed by atoms with van der Waals surface area (Å²) < 4.78 is 6.55. The number of amides is 1. The number of hydrogen-bond donors (Lipinski definition) is 1. The van der Waals surface area contributed by atoms with E-state index in [9.17, 15) is 4.79 Å². The van der Waals surface area contributed by atoms with Crippen LogP contribution in [0.5, 0.6) is 5.75 Å². The van der Waals surface area contributed by atoms with Crippen LogP contribution in [0.15, 0.2) is 53.0 Å². The molecule has 0 aliphatic carbocycles. The third-order valence-electron chi connectivity index (χ3n) is 3.15. The minimum absolute atomic E-state index is 0.142. The molecule has 0 saturated carbocycles. The lowest BCUT2D eigenvalue weighted by Gasteiger charge is -2.13. The predicted octanol–water partition coefficient (Wildman–Crippen LogP) is 4.88. The zero-order chi connectivity index (χ0) is 15.2. The standard InChI is InChI=1S/C17H18BrNO2/c1-3-12(2)21-14-10-8-13(9-11-14)17(20)19-16-7-5-4-6-15(16)18/h4-12H,3H2,1-2H3,(H,19,20). The van der Waals surface area contributed by atoms with Gasteiger partial charge in [0, 0.05) is 10.0 Å². The highest BCUT2D eigenvalue weighted by Gasteiger charge is 2.08. The van der Waals surface area contributed by atoms with Crippen LogP contribution in [0.25, 0.3) is 0 Å². The molecule has 110 valence electrons. The first-order chi connectivity index (χ1) is 10.1. The number of carbonyl (C=O) groups is 1. The summed E-state index contributed by atoms with van der Waals surface area (Å²) in [5, 5.41) is 2.87. The molecule has 4 heteroatoms. The van der Waals surface area contributed by atoms with Gasteiger partial charge >= 0.3 is 0 Å². The van der Waals surface area contributed by atoms with Gasteiger partial charge in [0.25, 0.3) is 5.91 Å². The molecule has 1 amide bonds. The number of ether oxygens (including phenoxy) is 1. The minimum Gasteiger partial charge on any atom is -0.491 e. The van der Waals surface area contributed by atoms with Crippen molar-refractivity contribution in [3.63, 3.8) is 0 Å². The molecule has 0 radical (unpaired) electrons. The molecule has 0 fully saturated rings. The monoisotopic (exact) mass is 347 g/mol. The Morgan fingerprint density at radius 1 is 1.19 bits per heavy atom. The molecule has 2 aromatic carbocycles. The average molecular weight is 348 g/mol. The van der Waals surface area contributed by atoms with Crippen molar-refractivity contribution in [1.29, 1.82) is 0 Å². The van der Waals surface area contributed by atoms with E-state index in [2.05, 4.69) is 28.2 Å². The van der Waals surface area contributed by atoms with Crippen molar-refractivity contribution >= 4 is 27.5 Å². The maximum absolute atomic E-state index is 12.2. The molecule has 0 aromatic heterocycles. The largest absolute Gasteiger partial charge is 0.491 e. The van der Waals surface area contributed by atoms with Gasteiger partial charge in [0.2, 0.25) is 0 Å². The predicted molar refractivity (Wildman–Crippen MR) is 88.9 cm³/mol. The van der Waals surface area contributed by atoms with Crippen LogP contribution < -0.4 is 10.1 Å². The zero-order valence-corrected chi connectivity index (χ0v) is 13.7. The van der Waals surface area contributed by atoms with Crippen LogP contribution in [-0.2, 0) is 0 Å². The van der Waals surface area contributed by atoms with Crippen LogP contribution in [0.3, 0.4) is 0 Å². The fraction of sp³-hybridized carbons (Fsp3) is 0.235. The maximum Gasteiger partial charge on any atom is 0.255 e. The number of hydrogen-bond acceptors (Lipinski definition) is 2. The van der Waals surface area contributed by atoms with Crippen LogP contribution >= 0.6 is 15.9 Å². The molecule has 0 spiro atoms. The number of rotatable bonds is 5. The number of nitrogens with one attached hydrogen (secondary N) is 1. The Morgan fingerprint density at radius 2 is 1.86 bits per heavy atom. The quantitative estimate of drug-likeness (QED) is 0.836. The van der Waals surface area contributed by atoms with E-state index in [1.807, 2.05) is 43.3 Å². The van der Waals surface area contributed by atoms with E-state index in [1.54, 1.807) is 12.1 Å². The molecule has 0 bridgehead atoms. The Labute approximate surface area is 133 Å². The van der Waals surface area contributed by atoms with Gasteiger partial charge in [0.1, 0.15) is 5.75 Å². The van der Waals surface area contributed by atoms with Gasteiger partial charge in [0.15, 0.2) is 0 Å². The highest BCUT2D eigenvalue weighted by Crippen LogP contribution is 2.22. The van der Waals surface area contributed by atoms with Crippen molar-refractivity contribution in [2.75, 3.05) is 5.32 Å². The van der Waals surface area contributed by atoms with Crippen molar-refractivity contribution in [2.24, 2.45) is 0 Å². The molecule has 0 heterocycles. The van der Waals surface area contributed by atoms with Crippen LogP contribution in [0, 0.1) is 0 Å². The van der Waals surface area contributed by atoms with Crippen molar-refractivity contribution < 1.29 is 9.53 Å². The van der Waals surface area contributed by atoms with E-state index in [4.69, 9.17) is 4.74 Å². The normalized spacial score (nSPS) is 11.8. The van der Waals surface area contributed by atoms with E-state index in [0.717, 1.165) is 22.3 Å². The summed E-state index contributed by atoms with van der Waals surface area (Å²) in [6.45, 7) is 4.09. The third kappa shape index (κ3) is 4.33. The molecule has 1 atom stereocenters. The topological polar surface area (TPSA) is 38.3 Å². The maximum atomic E-state index is 12.2. The number of benzene rings is 2. The van der Waals surface area contributed by atoms with Gasteiger partial charge in [-0.15, -0.1) is 0 Å². The van der Waals surface area contributed by atoms with Gasteiger partial charge in [-0.05, 0) is 65.7 Å². The van der Waals surface area contributed by atoms with Crippen LogP contribution in [0.1, 0.15) is 30.6 Å². The first kappa shape index (κ1) is 15.6. The second kappa shape index (κ2) is 7.27. The summed E-state index contributed by atoms with van der Waals surface area (Å²) in [7, 11) is 0. The van der Waals surface area contributed by atoms with Gasteiger partial charge in [-0.1, -0.05) is 19.1 Å². The fourth-order valence-electron chi connectivity index (χ4n) is 1.76. The Morgan fingerprint density at radius 3 is 2.48 bits per heavy atom. The van der Waals surface area contributed by atoms with E-state index < -0.39 is 0 Å². The number of anilines is 1. The van der Waals surface area contributed by atoms with Crippen LogP contribution in [0.2, 0.25) is 0 Å². The fourth-order valence-corrected chi connectivity index (χ4v) is 2.14. The lowest BCUT2D eigenvalue weighted by Crippen LogP contribution is -2.13. The molecule has 0 aliphatic rings. The summed E-state index contributed by atoms with van der Waals surface area (Å²) in [5.41, 5.74) is 1.35. The van der Waals surface area contributed by atoms with Gasteiger partial charge in [-0.2, -0.15) is 0 Å². The van der Waals surface area contributed by atoms with Crippen molar-refractivity contribution in [1.82, 2.24) is 0 Å². The Balaban J connectivity index is 2.05. The number of para-hydroxylation sites is 1. The lowest BCUT2D eigenvalue weighted by molar-refractivity contribution is 0.102. The molecule has 1 unspecified atom stereocenters. The number of halogens is 1. The molecule has 0 saturated heterocycles. The minimum atomic E-state index is -0.142. The van der Waals surface area contributed by atoms with Gasteiger partial charge < -0.3 is 10.1 Å². The molecule has 2 rings (SSSR count). The second-order valence-electron chi connectivity index (χ2n) is 4.80. The van der Waals surface area contributed by atoms with Gasteiger partial charge in [-0.25, -0.2) is 0 Å². The third-order valence-corrected chi connectivity index (χ3v) is 3.84. The smallest absolute Gasteiger partial charge is 0.255 e. The van der Waals surface area contributed by atoms with Crippen molar-refractivity contribution in [3.05, 3.63) is 58.6 Å². The lowest BCUT2D eigenvalue weighted by atomic mass is 10.2. The zero-order valence-electron chi connectivity index (χ0n) is 12.1. The van der Waals surface area contributed by atoms with Gasteiger partial charge in [-0.3, -0.25) is 4.79 Å². The molecule has 21 heavy (non-hydrogen) atoms. The second-order valence-corrected chi connectivity index (χ2v) is 5.65. The van der Waals surface area contributed by atoms with E-state index in [0.29, 0.717) is 5.56 Å². The van der Waals surface area contributed by atoms with E-state index in [1.165, 1.54) is 0 Å². The highest BCUT2D eigenvalue weighted by atomic mass is 79.9. The summed E-state index contributed by atoms with van der Waals surface area (Å²) in [4.78, 5) is 12.2. The molecule has 1 N–H and O–H groups in total. The molecule has 2 aromatic rings. The molecular weight excluding hydrogens is 330 g/mol. The van der Waals surface area contributed by atoms with Crippen molar-refractivity contribution in [2.45, 2.75) is 26.4 Å². The highest BCUT2D eigenvalue weighted by molar-refractivity contribution is 9.10. The average Bonchev–Trinajstić information content (AvgIpc) is 2.50. The molecule has 0 aliphatic heterocycles. The van der Waals surface area contributed by atoms with Gasteiger partial charge in [0.05, 0.1) is 11.8 Å². The first-order valence-electron chi connectivity index (χ1n) is 6.92. The summed E-state index contributed by atoms with van der Waals surface area (Å²) in [5.74, 6) is 0.638. The van der Waals surface area contributed by atoms with E-state index in [-0.39, 0.29) is 12.0 Å². The summed E-state index contributed by atoms with van der Waals surface area (Å²) in [6.07, 6.45) is 1.12. The van der Waals surface area contributed by atoms with Crippen molar-refractivity contribution in [3.8, 4) is 5.75 Å². The first-order valence-corrected chi connectivity index (χ1v) is 7.72. The number of carbonyl (C=O) groups excluding carboxylic acids is 1. The Kier molecular flexibility index (Phi) is 5.39. The molecule has 3 nitrogen and oxygen atoms in total. The summed E-state index contributed by atoms with van der Waals surface area (Å²) in [6, 6.07) is 14.7. The SMILES string of the molecule is CCC(C)Oc1ccc(C(=O)Nc2ccccc2Br)cc1. The van der Waals surface area contributed by atoms with E-state index >= 15 is 0 Å². The van der Waals surface area contributed by atoms with Crippen LogP contribution in [0.4, 0.5) is 5.69 Å². The molecular formula is C17H18BrNO2. The summed E-state index contributed by atoms with van der Waals surface area (Å²) >= 11 is 3.41. The Hall–Kier alpha value is -1.81.